The van der Waals surface area contributed by atoms with Crippen molar-refractivity contribution in [1.82, 2.24) is 5.32 Å². The molecule has 1 aliphatic rings. The van der Waals surface area contributed by atoms with Crippen LogP contribution in [-0.4, -0.2) is 25.4 Å². The molecule has 0 bridgehead atoms. The number of hydrogen-bond donors (Lipinski definition) is 1. The molecule has 0 radical (unpaired) electrons. The zero-order valence-corrected chi connectivity index (χ0v) is 14.0. The molecule has 1 aromatic carbocycles. The Balaban J connectivity index is 2.08. The highest BCUT2D eigenvalue weighted by molar-refractivity contribution is 5.29. The van der Waals surface area contributed by atoms with Crippen molar-refractivity contribution >= 4 is 0 Å². The minimum Gasteiger partial charge on any atom is -0.497 e. The van der Waals surface area contributed by atoms with Crippen LogP contribution in [0.25, 0.3) is 0 Å². The van der Waals surface area contributed by atoms with E-state index in [0.29, 0.717) is 18.0 Å². The van der Waals surface area contributed by atoms with Gasteiger partial charge < -0.3 is 14.8 Å². The normalized spacial score (nSPS) is 23.0. The van der Waals surface area contributed by atoms with E-state index in [9.17, 15) is 0 Å². The van der Waals surface area contributed by atoms with E-state index >= 15 is 0 Å². The van der Waals surface area contributed by atoms with Gasteiger partial charge in [0.25, 0.3) is 0 Å². The first-order chi connectivity index (χ1) is 9.91. The molecule has 1 aromatic rings. The van der Waals surface area contributed by atoms with Gasteiger partial charge in [0, 0.05) is 18.7 Å². The SMILES string of the molecule is COc1ccc([C@@H](N[C@@H]2CCOC(C)(C)C2)C(C)C)cc1. The summed E-state index contributed by atoms with van der Waals surface area (Å²) in [7, 11) is 1.71. The number of nitrogens with one attached hydrogen (secondary N) is 1. The van der Waals surface area contributed by atoms with Crippen molar-refractivity contribution in [3.63, 3.8) is 0 Å². The Kier molecular flexibility index (Phi) is 5.28. The van der Waals surface area contributed by atoms with Crippen LogP contribution >= 0.6 is 0 Å². The predicted octanol–water partition coefficient (Wildman–Crippen LogP) is 3.94. The van der Waals surface area contributed by atoms with Crippen LogP contribution in [0, 0.1) is 5.92 Å². The van der Waals surface area contributed by atoms with Crippen LogP contribution in [0.2, 0.25) is 0 Å². The van der Waals surface area contributed by atoms with Crippen molar-refractivity contribution in [3.8, 4) is 5.75 Å². The topological polar surface area (TPSA) is 30.5 Å². The lowest BCUT2D eigenvalue weighted by Crippen LogP contribution is -2.45. The van der Waals surface area contributed by atoms with E-state index in [2.05, 4.69) is 45.1 Å². The van der Waals surface area contributed by atoms with E-state index in [1.54, 1.807) is 7.11 Å². The molecule has 3 heteroatoms. The highest BCUT2D eigenvalue weighted by Gasteiger charge is 2.30. The number of benzene rings is 1. The largest absolute Gasteiger partial charge is 0.497 e. The first-order valence-electron chi connectivity index (χ1n) is 7.95. The molecule has 2 atom stereocenters. The lowest BCUT2D eigenvalue weighted by atomic mass is 9.90. The fraction of sp³-hybridized carbons (Fsp3) is 0.667. The number of rotatable bonds is 5. The van der Waals surface area contributed by atoms with Crippen LogP contribution in [0.15, 0.2) is 24.3 Å². The van der Waals surface area contributed by atoms with Crippen LogP contribution < -0.4 is 10.1 Å². The molecule has 1 N–H and O–H groups in total. The molecular weight excluding hydrogens is 262 g/mol. The third kappa shape index (κ3) is 4.45. The summed E-state index contributed by atoms with van der Waals surface area (Å²) >= 11 is 0. The summed E-state index contributed by atoms with van der Waals surface area (Å²) in [4.78, 5) is 0. The van der Waals surface area contributed by atoms with Crippen LogP contribution in [-0.2, 0) is 4.74 Å². The second-order valence-electron chi connectivity index (χ2n) is 6.96. The predicted molar refractivity (Wildman–Crippen MR) is 86.8 cm³/mol. The van der Waals surface area contributed by atoms with Crippen molar-refractivity contribution in [2.24, 2.45) is 5.92 Å². The molecule has 1 fully saturated rings. The molecule has 0 saturated carbocycles. The van der Waals surface area contributed by atoms with Crippen molar-refractivity contribution in [1.29, 1.82) is 0 Å². The van der Waals surface area contributed by atoms with Gasteiger partial charge in [-0.1, -0.05) is 26.0 Å². The number of ether oxygens (including phenoxy) is 2. The minimum absolute atomic E-state index is 0.0165. The quantitative estimate of drug-likeness (QED) is 0.891. The van der Waals surface area contributed by atoms with Gasteiger partial charge in [0.2, 0.25) is 0 Å². The molecule has 0 spiro atoms. The van der Waals surface area contributed by atoms with Gasteiger partial charge in [-0.25, -0.2) is 0 Å². The van der Waals surface area contributed by atoms with Crippen molar-refractivity contribution in [2.45, 2.75) is 58.2 Å². The van der Waals surface area contributed by atoms with E-state index in [-0.39, 0.29) is 5.60 Å². The molecule has 0 aromatic heterocycles. The third-order valence-electron chi connectivity index (χ3n) is 4.25. The molecule has 1 aliphatic heterocycles. The maximum atomic E-state index is 5.82. The van der Waals surface area contributed by atoms with Gasteiger partial charge in [-0.05, 0) is 50.3 Å². The van der Waals surface area contributed by atoms with Crippen molar-refractivity contribution in [3.05, 3.63) is 29.8 Å². The zero-order chi connectivity index (χ0) is 15.5. The third-order valence-corrected chi connectivity index (χ3v) is 4.25. The average Bonchev–Trinajstić information content (AvgIpc) is 2.44. The molecule has 1 heterocycles. The first kappa shape index (κ1) is 16.3. The summed E-state index contributed by atoms with van der Waals surface area (Å²) in [6, 6.07) is 9.31. The summed E-state index contributed by atoms with van der Waals surface area (Å²) in [5.41, 5.74) is 1.31. The first-order valence-corrected chi connectivity index (χ1v) is 7.95. The van der Waals surface area contributed by atoms with Gasteiger partial charge in [0.05, 0.1) is 12.7 Å². The molecule has 0 aliphatic carbocycles. The maximum Gasteiger partial charge on any atom is 0.118 e. The fourth-order valence-electron chi connectivity index (χ4n) is 3.11. The van der Waals surface area contributed by atoms with Gasteiger partial charge in [0.1, 0.15) is 5.75 Å². The molecule has 0 amide bonds. The standard InChI is InChI=1S/C18H29NO2/c1-13(2)17(14-6-8-16(20-5)9-7-14)19-15-10-11-21-18(3,4)12-15/h6-9,13,15,17,19H,10-12H2,1-5H3/t15-,17+/m1/s1. The van der Waals surface area contributed by atoms with Crippen LogP contribution in [0.1, 0.15) is 52.1 Å². The molecule has 3 nitrogen and oxygen atoms in total. The number of methoxy groups -OCH3 is 1. The van der Waals surface area contributed by atoms with E-state index in [1.165, 1.54) is 5.56 Å². The minimum atomic E-state index is -0.0165. The Bertz CT molecular complexity index is 439. The van der Waals surface area contributed by atoms with Gasteiger partial charge in [0.15, 0.2) is 0 Å². The fourth-order valence-corrected chi connectivity index (χ4v) is 3.11. The summed E-state index contributed by atoms with van der Waals surface area (Å²) in [5, 5.41) is 3.84. The maximum absolute atomic E-state index is 5.82. The Morgan fingerprint density at radius 1 is 1.24 bits per heavy atom. The second-order valence-corrected chi connectivity index (χ2v) is 6.96. The highest BCUT2D eigenvalue weighted by atomic mass is 16.5. The van der Waals surface area contributed by atoms with E-state index in [0.717, 1.165) is 25.2 Å². The van der Waals surface area contributed by atoms with Gasteiger partial charge in [-0.15, -0.1) is 0 Å². The zero-order valence-electron chi connectivity index (χ0n) is 14.0. The summed E-state index contributed by atoms with van der Waals surface area (Å²) in [5.74, 6) is 1.46. The van der Waals surface area contributed by atoms with E-state index in [1.807, 2.05) is 12.1 Å². The smallest absolute Gasteiger partial charge is 0.118 e. The highest BCUT2D eigenvalue weighted by Crippen LogP contribution is 2.29. The Labute approximate surface area is 129 Å². The van der Waals surface area contributed by atoms with Gasteiger partial charge >= 0.3 is 0 Å². The summed E-state index contributed by atoms with van der Waals surface area (Å²) in [6.45, 7) is 9.74. The van der Waals surface area contributed by atoms with Gasteiger partial charge in [-0.3, -0.25) is 0 Å². The Hall–Kier alpha value is -1.06. The van der Waals surface area contributed by atoms with Crippen LogP contribution in [0.4, 0.5) is 0 Å². The van der Waals surface area contributed by atoms with Crippen LogP contribution in [0.5, 0.6) is 5.75 Å². The lowest BCUT2D eigenvalue weighted by molar-refractivity contribution is -0.0648. The molecule has 2 rings (SSSR count). The van der Waals surface area contributed by atoms with E-state index in [4.69, 9.17) is 9.47 Å². The Morgan fingerprint density at radius 2 is 1.90 bits per heavy atom. The lowest BCUT2D eigenvalue weighted by Gasteiger charge is -2.38. The summed E-state index contributed by atoms with van der Waals surface area (Å²) in [6.07, 6.45) is 2.15. The molecule has 0 unspecified atom stereocenters. The van der Waals surface area contributed by atoms with Crippen LogP contribution in [0.3, 0.4) is 0 Å². The number of hydrogen-bond acceptors (Lipinski definition) is 3. The van der Waals surface area contributed by atoms with Crippen molar-refractivity contribution < 1.29 is 9.47 Å². The Morgan fingerprint density at radius 3 is 2.43 bits per heavy atom. The monoisotopic (exact) mass is 291 g/mol. The van der Waals surface area contributed by atoms with Crippen molar-refractivity contribution in [2.75, 3.05) is 13.7 Å². The van der Waals surface area contributed by atoms with Gasteiger partial charge in [-0.2, -0.15) is 0 Å². The molecular formula is C18H29NO2. The molecule has 1 saturated heterocycles. The average molecular weight is 291 g/mol. The molecule has 118 valence electrons. The second kappa shape index (κ2) is 6.80. The van der Waals surface area contributed by atoms with E-state index < -0.39 is 0 Å². The molecule has 21 heavy (non-hydrogen) atoms. The summed E-state index contributed by atoms with van der Waals surface area (Å²) < 4.78 is 11.1.